The predicted octanol–water partition coefficient (Wildman–Crippen LogP) is 5.26. The molecule has 162 valence electrons. The Morgan fingerprint density at radius 2 is 2.00 bits per heavy atom. The van der Waals surface area contributed by atoms with Crippen LogP contribution in [-0.4, -0.2) is 34.4 Å². The second-order valence-electron chi connectivity index (χ2n) is 8.51. The number of aldehydes is 1. The molecule has 1 aromatic carbocycles. The molecule has 0 aromatic heterocycles. The van der Waals surface area contributed by atoms with Crippen LogP contribution in [-0.2, 0) is 16.0 Å². The van der Waals surface area contributed by atoms with E-state index in [9.17, 15) is 14.7 Å². The average Bonchev–Trinajstić information content (AvgIpc) is 2.68. The molecule has 2 aliphatic rings. The quantitative estimate of drug-likeness (QED) is 0.323. The number of unbranched alkanes of at least 4 members (excludes halogenated alkanes) is 4. The van der Waals surface area contributed by atoms with Crippen molar-refractivity contribution in [2.75, 3.05) is 6.61 Å². The third kappa shape index (κ3) is 4.77. The minimum atomic E-state index is -0.984. The van der Waals surface area contributed by atoms with Gasteiger partial charge in [0.1, 0.15) is 12.0 Å². The Kier molecular flexibility index (Phi) is 7.35. The standard InChI is InChI=1S/C25H33NO4/c1-3-4-5-6-7-14-30-23-16-20-18-25(10-8-11-25)26(12-9-13-27)22(17-24(28)29)21(20)15-19(23)2/h9,12-13,15-17H,3-8,10-11,14,18H2,1-2H3,(H,28,29)/b12-9+,22-17-. The van der Waals surface area contributed by atoms with Crippen molar-refractivity contribution in [2.24, 2.45) is 0 Å². The fourth-order valence-electron chi connectivity index (χ4n) is 4.61. The summed E-state index contributed by atoms with van der Waals surface area (Å²) >= 11 is 0. The second-order valence-corrected chi connectivity index (χ2v) is 8.51. The molecule has 30 heavy (non-hydrogen) atoms. The molecule has 0 amide bonds. The van der Waals surface area contributed by atoms with Gasteiger partial charge < -0.3 is 14.7 Å². The maximum absolute atomic E-state index is 11.6. The predicted molar refractivity (Wildman–Crippen MR) is 118 cm³/mol. The zero-order valence-corrected chi connectivity index (χ0v) is 18.2. The van der Waals surface area contributed by atoms with Gasteiger partial charge in [-0.2, -0.15) is 0 Å². The number of carboxylic acid groups (broad SMARTS) is 1. The van der Waals surface area contributed by atoms with Crippen LogP contribution in [0.25, 0.3) is 5.70 Å². The maximum Gasteiger partial charge on any atom is 0.330 e. The molecule has 1 saturated carbocycles. The summed E-state index contributed by atoms with van der Waals surface area (Å²) in [6, 6.07) is 4.14. The van der Waals surface area contributed by atoms with E-state index < -0.39 is 5.97 Å². The minimum Gasteiger partial charge on any atom is -0.493 e. The number of hydrogen-bond acceptors (Lipinski definition) is 4. The number of aryl methyl sites for hydroxylation is 1. The highest BCUT2D eigenvalue weighted by Gasteiger charge is 2.46. The summed E-state index contributed by atoms with van der Waals surface area (Å²) in [5, 5.41) is 9.50. The van der Waals surface area contributed by atoms with Gasteiger partial charge in [-0.25, -0.2) is 4.79 Å². The van der Waals surface area contributed by atoms with Gasteiger partial charge in [-0.3, -0.25) is 4.79 Å². The van der Waals surface area contributed by atoms with Crippen LogP contribution >= 0.6 is 0 Å². The van der Waals surface area contributed by atoms with E-state index in [1.54, 1.807) is 6.20 Å². The minimum absolute atomic E-state index is 0.152. The van der Waals surface area contributed by atoms with Crippen LogP contribution in [0.4, 0.5) is 0 Å². The summed E-state index contributed by atoms with van der Waals surface area (Å²) in [5.41, 5.74) is 3.54. The number of benzene rings is 1. The van der Waals surface area contributed by atoms with Gasteiger partial charge in [0.15, 0.2) is 0 Å². The number of nitrogens with zero attached hydrogens (tertiary/aromatic N) is 1. The summed E-state index contributed by atoms with van der Waals surface area (Å²) in [5.74, 6) is -0.0906. The molecule has 1 heterocycles. The smallest absolute Gasteiger partial charge is 0.330 e. The van der Waals surface area contributed by atoms with Crippen molar-refractivity contribution in [3.63, 3.8) is 0 Å². The Labute approximate surface area is 179 Å². The van der Waals surface area contributed by atoms with Crippen LogP contribution in [0.1, 0.15) is 75.0 Å². The summed E-state index contributed by atoms with van der Waals surface area (Å²) in [6.07, 6.45) is 15.1. The Bertz CT molecular complexity index is 836. The van der Waals surface area contributed by atoms with Gasteiger partial charge in [-0.15, -0.1) is 0 Å². The number of rotatable bonds is 10. The molecular formula is C25H33NO4. The molecule has 1 N–H and O–H groups in total. The van der Waals surface area contributed by atoms with E-state index in [2.05, 4.69) is 13.0 Å². The third-order valence-electron chi connectivity index (χ3n) is 6.33. The third-order valence-corrected chi connectivity index (χ3v) is 6.33. The number of aliphatic carboxylic acids is 1. The molecule has 5 nitrogen and oxygen atoms in total. The van der Waals surface area contributed by atoms with Crippen LogP contribution in [0, 0.1) is 6.92 Å². The van der Waals surface area contributed by atoms with Crippen LogP contribution < -0.4 is 4.74 Å². The highest BCUT2D eigenvalue weighted by atomic mass is 16.5. The molecule has 1 spiro atoms. The van der Waals surface area contributed by atoms with E-state index in [-0.39, 0.29) is 5.54 Å². The van der Waals surface area contributed by atoms with Crippen molar-refractivity contribution >= 4 is 18.0 Å². The van der Waals surface area contributed by atoms with Crippen LogP contribution in [0.15, 0.2) is 30.5 Å². The summed E-state index contributed by atoms with van der Waals surface area (Å²) in [4.78, 5) is 24.6. The molecule has 1 aliphatic carbocycles. The lowest BCUT2D eigenvalue weighted by Crippen LogP contribution is -2.54. The average molecular weight is 412 g/mol. The lowest BCUT2D eigenvalue weighted by atomic mass is 9.68. The lowest BCUT2D eigenvalue weighted by molar-refractivity contribution is -0.131. The summed E-state index contributed by atoms with van der Waals surface area (Å²) in [6.45, 7) is 4.93. The van der Waals surface area contributed by atoms with E-state index in [0.29, 0.717) is 12.3 Å². The molecule has 0 radical (unpaired) electrons. The number of allylic oxidation sites excluding steroid dienone is 1. The Hall–Kier alpha value is -2.56. The van der Waals surface area contributed by atoms with Crippen molar-refractivity contribution in [3.05, 3.63) is 47.2 Å². The van der Waals surface area contributed by atoms with Crippen molar-refractivity contribution in [3.8, 4) is 5.75 Å². The van der Waals surface area contributed by atoms with Gasteiger partial charge in [0.25, 0.3) is 0 Å². The van der Waals surface area contributed by atoms with Gasteiger partial charge in [0, 0.05) is 23.4 Å². The molecule has 0 saturated heterocycles. The largest absolute Gasteiger partial charge is 0.493 e. The highest BCUT2D eigenvalue weighted by Crippen LogP contribution is 2.50. The fourth-order valence-corrected chi connectivity index (χ4v) is 4.61. The fraction of sp³-hybridized carbons (Fsp3) is 0.520. The molecule has 0 unspecified atom stereocenters. The monoisotopic (exact) mass is 411 g/mol. The maximum atomic E-state index is 11.6. The van der Waals surface area contributed by atoms with Crippen molar-refractivity contribution in [1.29, 1.82) is 0 Å². The zero-order chi connectivity index (χ0) is 21.6. The molecule has 0 bridgehead atoms. The van der Waals surface area contributed by atoms with Gasteiger partial charge >= 0.3 is 5.97 Å². The van der Waals surface area contributed by atoms with Crippen molar-refractivity contribution in [2.45, 2.75) is 77.2 Å². The first-order chi connectivity index (χ1) is 14.5. The van der Waals surface area contributed by atoms with Crippen LogP contribution in [0.3, 0.4) is 0 Å². The lowest BCUT2D eigenvalue weighted by Gasteiger charge is -2.54. The number of carbonyl (C=O) groups excluding carboxylic acids is 1. The number of carbonyl (C=O) groups is 2. The molecule has 1 fully saturated rings. The second kappa shape index (κ2) is 9.96. The molecule has 0 atom stereocenters. The number of carboxylic acids is 1. The molecule has 3 rings (SSSR count). The first kappa shape index (κ1) is 22.1. The van der Waals surface area contributed by atoms with Gasteiger partial charge in [0.05, 0.1) is 12.3 Å². The van der Waals surface area contributed by atoms with E-state index >= 15 is 0 Å². The van der Waals surface area contributed by atoms with E-state index in [1.165, 1.54) is 37.8 Å². The number of hydrogen-bond donors (Lipinski definition) is 1. The summed E-state index contributed by atoms with van der Waals surface area (Å²) in [7, 11) is 0. The Morgan fingerprint density at radius 3 is 2.63 bits per heavy atom. The number of fused-ring (bicyclic) bond motifs is 1. The topological polar surface area (TPSA) is 66.8 Å². The van der Waals surface area contributed by atoms with E-state index in [4.69, 9.17) is 4.74 Å². The zero-order valence-electron chi connectivity index (χ0n) is 18.2. The normalized spacial score (nSPS) is 18.5. The Morgan fingerprint density at radius 1 is 1.23 bits per heavy atom. The first-order valence-corrected chi connectivity index (χ1v) is 11.1. The summed E-state index contributed by atoms with van der Waals surface area (Å²) < 4.78 is 6.10. The van der Waals surface area contributed by atoms with Crippen molar-refractivity contribution < 1.29 is 19.4 Å². The van der Waals surface area contributed by atoms with Gasteiger partial charge in [-0.1, -0.05) is 32.6 Å². The first-order valence-electron chi connectivity index (χ1n) is 11.1. The van der Waals surface area contributed by atoms with Crippen LogP contribution in [0.2, 0.25) is 0 Å². The Balaban J connectivity index is 1.88. The van der Waals surface area contributed by atoms with Crippen LogP contribution in [0.5, 0.6) is 5.75 Å². The van der Waals surface area contributed by atoms with Crippen molar-refractivity contribution in [1.82, 2.24) is 4.90 Å². The molecular weight excluding hydrogens is 378 g/mol. The van der Waals surface area contributed by atoms with Gasteiger partial charge in [-0.05, 0) is 68.4 Å². The van der Waals surface area contributed by atoms with E-state index in [1.807, 2.05) is 17.9 Å². The van der Waals surface area contributed by atoms with Gasteiger partial charge in [0.2, 0.25) is 0 Å². The molecule has 1 aromatic rings. The number of ether oxygens (including phenoxy) is 1. The van der Waals surface area contributed by atoms with E-state index in [0.717, 1.165) is 60.8 Å². The molecule has 5 heteroatoms. The SMILES string of the molecule is CCCCCCCOc1cc2c(cc1C)/C(=C/C(=O)O)N(/C=C/C=O)C1(CCC1)C2. The molecule has 1 aliphatic heterocycles. The highest BCUT2D eigenvalue weighted by molar-refractivity contribution is 5.91.